The summed E-state index contributed by atoms with van der Waals surface area (Å²) in [6.07, 6.45) is -1.06. The van der Waals surface area contributed by atoms with E-state index in [1.807, 2.05) is 0 Å². The lowest BCUT2D eigenvalue weighted by Crippen LogP contribution is -2.35. The van der Waals surface area contributed by atoms with Crippen LogP contribution >= 0.6 is 0 Å². The third-order valence-corrected chi connectivity index (χ3v) is 3.85. The summed E-state index contributed by atoms with van der Waals surface area (Å²) < 4.78 is 15.6. The summed E-state index contributed by atoms with van der Waals surface area (Å²) in [5, 5.41) is 13.4. The van der Waals surface area contributed by atoms with Gasteiger partial charge in [0.1, 0.15) is 0 Å². The fourth-order valence-electron chi connectivity index (χ4n) is 2.41. The lowest BCUT2D eigenvalue weighted by molar-refractivity contribution is -0.384. The quantitative estimate of drug-likeness (QED) is 0.469. The Balaban J connectivity index is 1.55. The molecule has 9 nitrogen and oxygen atoms in total. The predicted octanol–water partition coefficient (Wildman–Crippen LogP) is 2.19. The molecular weight excluding hydrogens is 356 g/mol. The number of amides is 1. The van der Waals surface area contributed by atoms with Gasteiger partial charge in [-0.3, -0.25) is 14.9 Å². The van der Waals surface area contributed by atoms with Crippen molar-refractivity contribution in [1.29, 1.82) is 0 Å². The van der Waals surface area contributed by atoms with Crippen LogP contribution in [0.25, 0.3) is 0 Å². The molecule has 1 aliphatic rings. The number of carbonyl (C=O) groups is 2. The largest absolute Gasteiger partial charge is 0.454 e. The molecule has 3 rings (SSSR count). The lowest BCUT2D eigenvalue weighted by Gasteiger charge is -2.13. The highest BCUT2D eigenvalue weighted by Gasteiger charge is 2.20. The Bertz CT molecular complexity index is 897. The van der Waals surface area contributed by atoms with Gasteiger partial charge in [-0.1, -0.05) is 12.1 Å². The van der Waals surface area contributed by atoms with Crippen LogP contribution in [-0.4, -0.2) is 29.7 Å². The summed E-state index contributed by atoms with van der Waals surface area (Å²) in [6, 6.07) is 10.4. The Morgan fingerprint density at radius 1 is 1.22 bits per heavy atom. The Morgan fingerprint density at radius 2 is 2.00 bits per heavy atom. The van der Waals surface area contributed by atoms with Crippen LogP contribution in [0.3, 0.4) is 0 Å². The topological polar surface area (TPSA) is 117 Å². The summed E-state index contributed by atoms with van der Waals surface area (Å²) in [5.41, 5.74) is 0.564. The van der Waals surface area contributed by atoms with Crippen LogP contribution in [0, 0.1) is 10.1 Å². The molecule has 0 aliphatic carbocycles. The second-order valence-corrected chi connectivity index (χ2v) is 5.76. The van der Waals surface area contributed by atoms with Gasteiger partial charge in [0.2, 0.25) is 6.79 Å². The van der Waals surface area contributed by atoms with Crippen molar-refractivity contribution < 1.29 is 28.7 Å². The van der Waals surface area contributed by atoms with E-state index in [1.165, 1.54) is 25.1 Å². The van der Waals surface area contributed by atoms with Gasteiger partial charge in [-0.15, -0.1) is 0 Å². The van der Waals surface area contributed by atoms with E-state index in [-0.39, 0.29) is 24.6 Å². The monoisotopic (exact) mass is 372 g/mol. The first-order chi connectivity index (χ1) is 12.9. The van der Waals surface area contributed by atoms with Gasteiger partial charge in [0, 0.05) is 18.7 Å². The molecular formula is C18H16N2O7. The minimum absolute atomic E-state index is 0.000351. The van der Waals surface area contributed by atoms with Crippen LogP contribution in [0.2, 0.25) is 0 Å². The number of ether oxygens (including phenoxy) is 3. The third kappa shape index (κ3) is 4.32. The first-order valence-corrected chi connectivity index (χ1v) is 8.05. The molecule has 1 heterocycles. The summed E-state index contributed by atoms with van der Waals surface area (Å²) >= 11 is 0. The molecule has 0 saturated heterocycles. The predicted molar refractivity (Wildman–Crippen MR) is 92.4 cm³/mol. The zero-order valence-corrected chi connectivity index (χ0v) is 14.3. The van der Waals surface area contributed by atoms with E-state index in [9.17, 15) is 19.7 Å². The van der Waals surface area contributed by atoms with Crippen LogP contribution in [0.4, 0.5) is 5.69 Å². The van der Waals surface area contributed by atoms with Crippen molar-refractivity contribution in [3.05, 3.63) is 63.7 Å². The molecule has 2 aromatic carbocycles. The third-order valence-electron chi connectivity index (χ3n) is 3.85. The fraction of sp³-hybridized carbons (Fsp3) is 0.222. The van der Waals surface area contributed by atoms with Gasteiger partial charge < -0.3 is 19.5 Å². The number of esters is 1. The van der Waals surface area contributed by atoms with E-state index in [1.54, 1.807) is 18.2 Å². The number of hydrogen-bond donors (Lipinski definition) is 1. The normalized spacial score (nSPS) is 12.9. The van der Waals surface area contributed by atoms with E-state index < -0.39 is 22.9 Å². The van der Waals surface area contributed by atoms with Crippen molar-refractivity contribution in [2.45, 2.75) is 19.6 Å². The van der Waals surface area contributed by atoms with E-state index in [0.29, 0.717) is 11.5 Å². The van der Waals surface area contributed by atoms with Gasteiger partial charge in [-0.05, 0) is 30.7 Å². The molecule has 1 atom stereocenters. The molecule has 0 saturated carbocycles. The SMILES string of the molecule is C[C@H](OC(=O)c1cccc([N+](=O)[O-])c1)C(=O)NCc1ccc2c(c1)OCO2. The summed E-state index contributed by atoms with van der Waals surface area (Å²) in [6.45, 7) is 1.80. The van der Waals surface area contributed by atoms with Gasteiger partial charge in [-0.25, -0.2) is 4.79 Å². The van der Waals surface area contributed by atoms with Crippen molar-refractivity contribution >= 4 is 17.6 Å². The molecule has 9 heteroatoms. The molecule has 0 unspecified atom stereocenters. The maximum Gasteiger partial charge on any atom is 0.339 e. The van der Waals surface area contributed by atoms with E-state index >= 15 is 0 Å². The number of carbonyl (C=O) groups excluding carboxylic acids is 2. The van der Waals surface area contributed by atoms with E-state index in [2.05, 4.69) is 5.32 Å². The molecule has 0 radical (unpaired) electrons. The molecule has 0 spiro atoms. The first-order valence-electron chi connectivity index (χ1n) is 8.05. The number of non-ortho nitro benzene ring substituents is 1. The summed E-state index contributed by atoms with van der Waals surface area (Å²) in [4.78, 5) is 34.4. The number of nitro groups is 1. The molecule has 140 valence electrons. The van der Waals surface area contributed by atoms with Gasteiger partial charge in [0.05, 0.1) is 10.5 Å². The maximum absolute atomic E-state index is 12.1. The van der Waals surface area contributed by atoms with E-state index in [0.717, 1.165) is 11.6 Å². The summed E-state index contributed by atoms with van der Waals surface area (Å²) in [5.74, 6) is -0.0629. The molecule has 0 fully saturated rings. The second-order valence-electron chi connectivity index (χ2n) is 5.76. The number of nitro benzene ring substituents is 1. The maximum atomic E-state index is 12.1. The van der Waals surface area contributed by atoms with Gasteiger partial charge in [0.15, 0.2) is 17.6 Å². The Labute approximate surface area is 154 Å². The average molecular weight is 372 g/mol. The number of nitrogens with one attached hydrogen (secondary N) is 1. The van der Waals surface area contributed by atoms with Gasteiger partial charge in [-0.2, -0.15) is 0 Å². The van der Waals surface area contributed by atoms with Crippen LogP contribution < -0.4 is 14.8 Å². The zero-order chi connectivity index (χ0) is 19.4. The second kappa shape index (κ2) is 7.73. The van der Waals surface area contributed by atoms with Gasteiger partial charge >= 0.3 is 5.97 Å². The molecule has 2 aromatic rings. The number of rotatable bonds is 6. The van der Waals surface area contributed by atoms with Gasteiger partial charge in [0.25, 0.3) is 11.6 Å². The number of benzene rings is 2. The number of fused-ring (bicyclic) bond motifs is 1. The highest BCUT2D eigenvalue weighted by molar-refractivity contribution is 5.92. The fourth-order valence-corrected chi connectivity index (χ4v) is 2.41. The van der Waals surface area contributed by atoms with Crippen LogP contribution in [0.5, 0.6) is 11.5 Å². The van der Waals surface area contributed by atoms with Crippen molar-refractivity contribution in [3.8, 4) is 11.5 Å². The first kappa shape index (κ1) is 18.2. The standard InChI is InChI=1S/C18H16N2O7/c1-11(27-18(22)13-3-2-4-14(8-13)20(23)24)17(21)19-9-12-5-6-15-16(7-12)26-10-25-15/h2-8,11H,9-10H2,1H3,(H,19,21)/t11-/m0/s1. The Hall–Kier alpha value is -3.62. The van der Waals surface area contributed by atoms with Crippen molar-refractivity contribution in [2.75, 3.05) is 6.79 Å². The number of nitrogens with zero attached hydrogens (tertiary/aromatic N) is 1. The van der Waals surface area contributed by atoms with Crippen molar-refractivity contribution in [2.24, 2.45) is 0 Å². The van der Waals surface area contributed by atoms with Crippen LogP contribution in [0.1, 0.15) is 22.8 Å². The molecule has 0 aromatic heterocycles. The zero-order valence-electron chi connectivity index (χ0n) is 14.3. The average Bonchev–Trinajstić information content (AvgIpc) is 3.13. The minimum atomic E-state index is -1.06. The highest BCUT2D eigenvalue weighted by atomic mass is 16.7. The molecule has 1 aliphatic heterocycles. The highest BCUT2D eigenvalue weighted by Crippen LogP contribution is 2.32. The minimum Gasteiger partial charge on any atom is -0.454 e. The Morgan fingerprint density at radius 3 is 2.78 bits per heavy atom. The van der Waals surface area contributed by atoms with Crippen molar-refractivity contribution in [3.63, 3.8) is 0 Å². The lowest BCUT2D eigenvalue weighted by atomic mass is 10.2. The smallest absolute Gasteiger partial charge is 0.339 e. The molecule has 1 amide bonds. The number of hydrogen-bond acceptors (Lipinski definition) is 7. The molecule has 27 heavy (non-hydrogen) atoms. The molecule has 1 N–H and O–H groups in total. The van der Waals surface area contributed by atoms with Crippen LogP contribution in [-0.2, 0) is 16.1 Å². The molecule has 0 bridgehead atoms. The summed E-state index contributed by atoms with van der Waals surface area (Å²) in [7, 11) is 0. The van der Waals surface area contributed by atoms with E-state index in [4.69, 9.17) is 14.2 Å². The van der Waals surface area contributed by atoms with Crippen molar-refractivity contribution in [1.82, 2.24) is 5.32 Å². The van der Waals surface area contributed by atoms with Crippen LogP contribution in [0.15, 0.2) is 42.5 Å². The Kier molecular flexibility index (Phi) is 5.20.